The number of hydrogen-bond donors (Lipinski definition) is 1. The van der Waals surface area contributed by atoms with Gasteiger partial charge in [-0.25, -0.2) is 4.98 Å². The number of fused-ring (bicyclic) bond motifs is 1. The topological polar surface area (TPSA) is 50.8 Å². The minimum atomic E-state index is 0.564. The molecule has 0 amide bonds. The highest BCUT2D eigenvalue weighted by molar-refractivity contribution is 9.10. The molecular weight excluding hydrogens is 306 g/mol. The maximum Gasteiger partial charge on any atom is 0.215 e. The highest BCUT2D eigenvalue weighted by Gasteiger charge is 2.11. The van der Waals surface area contributed by atoms with E-state index in [2.05, 4.69) is 43.9 Å². The summed E-state index contributed by atoms with van der Waals surface area (Å²) in [4.78, 5) is 12.1. The van der Waals surface area contributed by atoms with E-state index in [1.54, 1.807) is 7.11 Å². The number of nitrogens with one attached hydrogen (secondary N) is 1. The third kappa shape index (κ3) is 2.10. The number of imidazole rings is 1. The lowest BCUT2D eigenvalue weighted by molar-refractivity contribution is 0.399. The Morgan fingerprint density at radius 2 is 2.00 bits per heavy atom. The van der Waals surface area contributed by atoms with Crippen molar-refractivity contribution in [2.24, 2.45) is 0 Å². The molecule has 0 saturated carbocycles. The Bertz CT molecular complexity index is 752. The Kier molecular flexibility index (Phi) is 2.98. The van der Waals surface area contributed by atoms with Crippen LogP contribution in [0.1, 0.15) is 5.56 Å². The molecule has 0 spiro atoms. The lowest BCUT2D eigenvalue weighted by atomic mass is 10.1. The molecule has 0 aliphatic heterocycles. The van der Waals surface area contributed by atoms with Crippen LogP contribution >= 0.6 is 15.9 Å². The number of benzene rings is 1. The van der Waals surface area contributed by atoms with Gasteiger partial charge in [-0.05, 0) is 34.5 Å². The molecule has 1 N–H and O–H groups in total. The Balaban J connectivity index is 2.18. The highest BCUT2D eigenvalue weighted by atomic mass is 79.9. The van der Waals surface area contributed by atoms with E-state index in [0.717, 1.165) is 21.4 Å². The van der Waals surface area contributed by atoms with Gasteiger partial charge in [0.1, 0.15) is 5.82 Å². The standard InChI is InChI=1S/C14H12BrN3O/c1-8-4-3-5-9(12(8)15)13-16-10-6-7-11(19-2)17-14(10)18-13/h3-7H,1-2H3,(H,16,17,18). The smallest absolute Gasteiger partial charge is 0.215 e. The molecule has 0 unspecified atom stereocenters. The summed E-state index contributed by atoms with van der Waals surface area (Å²) < 4.78 is 6.15. The molecule has 0 fully saturated rings. The first kappa shape index (κ1) is 12.2. The molecule has 2 aromatic heterocycles. The van der Waals surface area contributed by atoms with Gasteiger partial charge >= 0.3 is 0 Å². The van der Waals surface area contributed by atoms with Gasteiger partial charge in [0.15, 0.2) is 5.65 Å². The number of rotatable bonds is 2. The van der Waals surface area contributed by atoms with Crippen LogP contribution in [0.5, 0.6) is 5.88 Å². The maximum atomic E-state index is 5.11. The van der Waals surface area contributed by atoms with Gasteiger partial charge in [-0.3, -0.25) is 0 Å². The van der Waals surface area contributed by atoms with Crippen molar-refractivity contribution >= 4 is 27.1 Å². The van der Waals surface area contributed by atoms with Crippen molar-refractivity contribution in [3.05, 3.63) is 40.4 Å². The van der Waals surface area contributed by atoms with Gasteiger partial charge in [0.2, 0.25) is 5.88 Å². The molecule has 5 heteroatoms. The van der Waals surface area contributed by atoms with Crippen molar-refractivity contribution in [3.63, 3.8) is 0 Å². The number of aromatic nitrogens is 3. The fourth-order valence-corrected chi connectivity index (χ4v) is 2.40. The van der Waals surface area contributed by atoms with Crippen molar-refractivity contribution < 1.29 is 4.74 Å². The summed E-state index contributed by atoms with van der Waals surface area (Å²) in [5.74, 6) is 1.36. The van der Waals surface area contributed by atoms with Crippen LogP contribution in [0.25, 0.3) is 22.6 Å². The van der Waals surface area contributed by atoms with E-state index in [4.69, 9.17) is 4.74 Å². The van der Waals surface area contributed by atoms with E-state index < -0.39 is 0 Å². The molecule has 2 heterocycles. The molecule has 0 radical (unpaired) electrons. The van der Waals surface area contributed by atoms with Crippen molar-refractivity contribution in [2.45, 2.75) is 6.92 Å². The van der Waals surface area contributed by atoms with Gasteiger partial charge in [0.05, 0.1) is 12.6 Å². The van der Waals surface area contributed by atoms with Crippen LogP contribution in [-0.4, -0.2) is 22.1 Å². The largest absolute Gasteiger partial charge is 0.481 e. The molecule has 3 rings (SSSR count). The molecule has 0 saturated heterocycles. The van der Waals surface area contributed by atoms with Crippen molar-refractivity contribution in [2.75, 3.05) is 7.11 Å². The Morgan fingerprint density at radius 3 is 2.79 bits per heavy atom. The molecular formula is C14H12BrN3O. The zero-order valence-corrected chi connectivity index (χ0v) is 12.2. The molecule has 0 aliphatic rings. The Labute approximate surface area is 119 Å². The zero-order chi connectivity index (χ0) is 13.4. The maximum absolute atomic E-state index is 5.11. The fraction of sp³-hybridized carbons (Fsp3) is 0.143. The summed E-state index contributed by atoms with van der Waals surface area (Å²) in [7, 11) is 1.60. The second-order valence-corrected chi connectivity index (χ2v) is 5.04. The second kappa shape index (κ2) is 4.66. The zero-order valence-electron chi connectivity index (χ0n) is 10.6. The van der Waals surface area contributed by atoms with Crippen LogP contribution in [0.4, 0.5) is 0 Å². The fourth-order valence-electron chi connectivity index (χ4n) is 1.95. The lowest BCUT2D eigenvalue weighted by Crippen LogP contribution is -1.87. The monoisotopic (exact) mass is 317 g/mol. The molecule has 0 bridgehead atoms. The van der Waals surface area contributed by atoms with Crippen molar-refractivity contribution in [1.82, 2.24) is 15.0 Å². The molecule has 19 heavy (non-hydrogen) atoms. The van der Waals surface area contributed by atoms with E-state index in [1.165, 1.54) is 5.56 Å². The number of pyridine rings is 1. The first-order chi connectivity index (χ1) is 9.19. The van der Waals surface area contributed by atoms with Crippen LogP contribution in [0.15, 0.2) is 34.8 Å². The molecule has 4 nitrogen and oxygen atoms in total. The minimum absolute atomic E-state index is 0.564. The Morgan fingerprint density at radius 1 is 1.16 bits per heavy atom. The number of aryl methyl sites for hydroxylation is 1. The lowest BCUT2D eigenvalue weighted by Gasteiger charge is -2.03. The SMILES string of the molecule is COc1ccc2[nH]c(-c3cccc(C)c3Br)nc2n1. The van der Waals surface area contributed by atoms with Gasteiger partial charge < -0.3 is 9.72 Å². The van der Waals surface area contributed by atoms with Crippen LogP contribution in [0, 0.1) is 6.92 Å². The molecule has 1 aromatic carbocycles. The van der Waals surface area contributed by atoms with E-state index in [9.17, 15) is 0 Å². The molecule has 3 aromatic rings. The first-order valence-electron chi connectivity index (χ1n) is 5.85. The highest BCUT2D eigenvalue weighted by Crippen LogP contribution is 2.30. The van der Waals surface area contributed by atoms with Gasteiger partial charge in [0.25, 0.3) is 0 Å². The number of methoxy groups -OCH3 is 1. The molecule has 0 atom stereocenters. The van der Waals surface area contributed by atoms with E-state index in [1.807, 2.05) is 24.3 Å². The average molecular weight is 318 g/mol. The van der Waals surface area contributed by atoms with E-state index in [-0.39, 0.29) is 0 Å². The van der Waals surface area contributed by atoms with Crippen molar-refractivity contribution in [3.8, 4) is 17.3 Å². The predicted octanol–water partition coefficient (Wildman–Crippen LogP) is 3.70. The van der Waals surface area contributed by atoms with Gasteiger partial charge in [0, 0.05) is 16.1 Å². The summed E-state index contributed by atoms with van der Waals surface area (Å²) in [6, 6.07) is 9.82. The summed E-state index contributed by atoms with van der Waals surface area (Å²) in [5.41, 5.74) is 3.74. The summed E-state index contributed by atoms with van der Waals surface area (Å²) in [6.45, 7) is 2.05. The van der Waals surface area contributed by atoms with Crippen LogP contribution in [0.2, 0.25) is 0 Å². The number of nitrogens with zero attached hydrogens (tertiary/aromatic N) is 2. The van der Waals surface area contributed by atoms with E-state index >= 15 is 0 Å². The predicted molar refractivity (Wildman–Crippen MR) is 78.3 cm³/mol. The van der Waals surface area contributed by atoms with Gasteiger partial charge in [-0.2, -0.15) is 4.98 Å². The quantitative estimate of drug-likeness (QED) is 0.784. The van der Waals surface area contributed by atoms with Crippen LogP contribution < -0.4 is 4.74 Å². The third-order valence-electron chi connectivity index (χ3n) is 2.98. The number of hydrogen-bond acceptors (Lipinski definition) is 3. The molecule has 96 valence electrons. The van der Waals surface area contributed by atoms with E-state index in [0.29, 0.717) is 11.5 Å². The normalized spacial score (nSPS) is 10.9. The van der Waals surface area contributed by atoms with Crippen LogP contribution in [0.3, 0.4) is 0 Å². The third-order valence-corrected chi connectivity index (χ3v) is 4.03. The average Bonchev–Trinajstić information content (AvgIpc) is 2.84. The summed E-state index contributed by atoms with van der Waals surface area (Å²) in [5, 5.41) is 0. The van der Waals surface area contributed by atoms with Gasteiger partial charge in [-0.1, -0.05) is 18.2 Å². The van der Waals surface area contributed by atoms with Gasteiger partial charge in [-0.15, -0.1) is 0 Å². The number of aromatic amines is 1. The second-order valence-electron chi connectivity index (χ2n) is 4.25. The number of halogens is 1. The summed E-state index contributed by atoms with van der Waals surface area (Å²) >= 11 is 3.60. The van der Waals surface area contributed by atoms with Crippen molar-refractivity contribution in [1.29, 1.82) is 0 Å². The number of ether oxygens (including phenoxy) is 1. The Hall–Kier alpha value is -1.88. The number of H-pyrrole nitrogens is 1. The summed E-state index contributed by atoms with van der Waals surface area (Å²) in [6.07, 6.45) is 0. The minimum Gasteiger partial charge on any atom is -0.481 e. The first-order valence-corrected chi connectivity index (χ1v) is 6.64. The molecule has 0 aliphatic carbocycles. The van der Waals surface area contributed by atoms with Crippen LogP contribution in [-0.2, 0) is 0 Å².